The summed E-state index contributed by atoms with van der Waals surface area (Å²) in [5.74, 6) is 5.17. The zero-order valence-electron chi connectivity index (χ0n) is 9.96. The standard InChI is InChI=1S/C11H26N2.2ClH/c1-2-3-4-5-6-7-8-9-10-11-13-12;;/h13H,2-12H2,1H3;2*1H. The van der Waals surface area contributed by atoms with Crippen LogP contribution in [0.2, 0.25) is 0 Å². The van der Waals surface area contributed by atoms with Crippen molar-refractivity contribution in [2.24, 2.45) is 5.84 Å². The number of nitrogens with two attached hydrogens (primary N) is 1. The lowest BCUT2D eigenvalue weighted by Crippen LogP contribution is -2.22. The summed E-state index contributed by atoms with van der Waals surface area (Å²) in [4.78, 5) is 0. The van der Waals surface area contributed by atoms with E-state index in [1.54, 1.807) is 0 Å². The van der Waals surface area contributed by atoms with Gasteiger partial charge in [-0.15, -0.1) is 24.8 Å². The second-order valence-corrected chi connectivity index (χ2v) is 3.78. The van der Waals surface area contributed by atoms with E-state index in [1.807, 2.05) is 0 Å². The van der Waals surface area contributed by atoms with Crippen LogP contribution in [-0.4, -0.2) is 6.54 Å². The molecular weight excluding hydrogens is 231 g/mol. The average molecular weight is 259 g/mol. The fourth-order valence-electron chi connectivity index (χ4n) is 1.54. The Balaban J connectivity index is -0.000000720. The SMILES string of the molecule is CCCCCCCCCCCNN.Cl.Cl. The van der Waals surface area contributed by atoms with Crippen molar-refractivity contribution in [2.45, 2.75) is 64.7 Å². The third kappa shape index (κ3) is 20.5. The molecule has 0 heterocycles. The van der Waals surface area contributed by atoms with Gasteiger partial charge in [-0.05, 0) is 6.42 Å². The normalized spacial score (nSPS) is 9.20. The van der Waals surface area contributed by atoms with Crippen molar-refractivity contribution in [3.63, 3.8) is 0 Å². The van der Waals surface area contributed by atoms with Crippen LogP contribution in [0, 0.1) is 0 Å². The Morgan fingerprint density at radius 2 is 1.13 bits per heavy atom. The first-order valence-corrected chi connectivity index (χ1v) is 5.85. The van der Waals surface area contributed by atoms with Gasteiger partial charge in [0.2, 0.25) is 0 Å². The van der Waals surface area contributed by atoms with E-state index < -0.39 is 0 Å². The molecule has 0 aromatic rings. The van der Waals surface area contributed by atoms with Gasteiger partial charge < -0.3 is 0 Å². The van der Waals surface area contributed by atoms with E-state index in [2.05, 4.69) is 12.3 Å². The predicted octanol–water partition coefficient (Wildman–Crippen LogP) is 3.82. The van der Waals surface area contributed by atoms with Crippen molar-refractivity contribution in [3.8, 4) is 0 Å². The van der Waals surface area contributed by atoms with E-state index in [-0.39, 0.29) is 24.8 Å². The van der Waals surface area contributed by atoms with Crippen LogP contribution in [0.5, 0.6) is 0 Å². The second-order valence-electron chi connectivity index (χ2n) is 3.78. The van der Waals surface area contributed by atoms with Gasteiger partial charge >= 0.3 is 0 Å². The molecule has 0 spiro atoms. The van der Waals surface area contributed by atoms with Crippen LogP contribution in [0.1, 0.15) is 64.7 Å². The highest BCUT2D eigenvalue weighted by Crippen LogP contribution is 2.08. The zero-order chi connectivity index (χ0) is 9.78. The van der Waals surface area contributed by atoms with Gasteiger partial charge in [-0.1, -0.05) is 58.3 Å². The highest BCUT2D eigenvalue weighted by molar-refractivity contribution is 5.85. The lowest BCUT2D eigenvalue weighted by Gasteiger charge is -2.01. The minimum absolute atomic E-state index is 0. The average Bonchev–Trinajstić information content (AvgIpc) is 2.16. The van der Waals surface area contributed by atoms with Crippen molar-refractivity contribution in [1.82, 2.24) is 5.43 Å². The largest absolute Gasteiger partial charge is 0.271 e. The molecule has 0 atom stereocenters. The summed E-state index contributed by atoms with van der Waals surface area (Å²) < 4.78 is 0. The maximum Gasteiger partial charge on any atom is 0.00974 e. The molecule has 0 aliphatic heterocycles. The molecule has 0 aromatic carbocycles. The zero-order valence-corrected chi connectivity index (χ0v) is 11.6. The van der Waals surface area contributed by atoms with E-state index in [9.17, 15) is 0 Å². The maximum absolute atomic E-state index is 5.17. The number of rotatable bonds is 10. The lowest BCUT2D eigenvalue weighted by molar-refractivity contribution is 0.553. The molecule has 3 N–H and O–H groups in total. The van der Waals surface area contributed by atoms with Crippen molar-refractivity contribution in [3.05, 3.63) is 0 Å². The Kier molecular flexibility index (Phi) is 27.8. The van der Waals surface area contributed by atoms with Crippen molar-refractivity contribution in [1.29, 1.82) is 0 Å². The predicted molar refractivity (Wildman–Crippen MR) is 73.9 cm³/mol. The fraction of sp³-hybridized carbons (Fsp3) is 1.00. The number of unbranched alkanes of at least 4 members (excludes halogenated alkanes) is 8. The molecule has 96 valence electrons. The Hall–Kier alpha value is 0.500. The van der Waals surface area contributed by atoms with E-state index >= 15 is 0 Å². The summed E-state index contributed by atoms with van der Waals surface area (Å²) in [6.45, 7) is 3.23. The smallest absolute Gasteiger partial charge is 0.00974 e. The molecule has 0 unspecified atom stereocenters. The molecule has 2 nitrogen and oxygen atoms in total. The van der Waals surface area contributed by atoms with E-state index in [0.717, 1.165) is 6.54 Å². The maximum atomic E-state index is 5.17. The lowest BCUT2D eigenvalue weighted by atomic mass is 10.1. The second kappa shape index (κ2) is 20.0. The minimum atomic E-state index is 0. The van der Waals surface area contributed by atoms with Crippen LogP contribution in [0.25, 0.3) is 0 Å². The molecule has 0 rings (SSSR count). The molecule has 15 heavy (non-hydrogen) atoms. The van der Waals surface area contributed by atoms with Crippen LogP contribution in [-0.2, 0) is 0 Å². The Morgan fingerprint density at radius 1 is 0.733 bits per heavy atom. The van der Waals surface area contributed by atoms with E-state index in [4.69, 9.17) is 5.84 Å². The van der Waals surface area contributed by atoms with Crippen LogP contribution in [0.4, 0.5) is 0 Å². The summed E-state index contributed by atoms with van der Waals surface area (Å²) in [7, 11) is 0. The summed E-state index contributed by atoms with van der Waals surface area (Å²) in [5.41, 5.74) is 2.69. The van der Waals surface area contributed by atoms with Gasteiger partial charge in [0.1, 0.15) is 0 Å². The number of hydrazine groups is 1. The van der Waals surface area contributed by atoms with Gasteiger partial charge in [0.05, 0.1) is 0 Å². The molecule has 0 aliphatic carbocycles. The van der Waals surface area contributed by atoms with Crippen LogP contribution in [0.3, 0.4) is 0 Å². The molecule has 0 radical (unpaired) electrons. The molecule has 0 bridgehead atoms. The summed E-state index contributed by atoms with van der Waals surface area (Å²) in [6, 6.07) is 0. The topological polar surface area (TPSA) is 38.0 Å². The van der Waals surface area contributed by atoms with Crippen molar-refractivity contribution < 1.29 is 0 Å². The van der Waals surface area contributed by atoms with Crippen molar-refractivity contribution >= 4 is 24.8 Å². The van der Waals surface area contributed by atoms with Gasteiger partial charge in [0, 0.05) is 6.54 Å². The molecule has 0 aromatic heterocycles. The number of hydrogen-bond acceptors (Lipinski definition) is 2. The number of nitrogens with one attached hydrogen (secondary N) is 1. The fourth-order valence-corrected chi connectivity index (χ4v) is 1.54. The first-order valence-electron chi connectivity index (χ1n) is 5.85. The molecule has 0 saturated heterocycles. The van der Waals surface area contributed by atoms with Crippen LogP contribution < -0.4 is 11.3 Å². The molecule has 0 saturated carbocycles. The van der Waals surface area contributed by atoms with Gasteiger partial charge in [-0.25, -0.2) is 0 Å². The highest BCUT2D eigenvalue weighted by atomic mass is 35.5. The number of hydrogen-bond donors (Lipinski definition) is 2. The Bertz CT molecular complexity index is 82.7. The Labute approximate surface area is 108 Å². The first kappa shape index (κ1) is 20.9. The molecule has 4 heteroatoms. The summed E-state index contributed by atoms with van der Waals surface area (Å²) in [5, 5.41) is 0. The monoisotopic (exact) mass is 258 g/mol. The van der Waals surface area contributed by atoms with E-state index in [0.29, 0.717) is 0 Å². The van der Waals surface area contributed by atoms with Crippen LogP contribution >= 0.6 is 24.8 Å². The molecular formula is C11H28Cl2N2. The van der Waals surface area contributed by atoms with Gasteiger partial charge in [-0.3, -0.25) is 11.3 Å². The van der Waals surface area contributed by atoms with Crippen molar-refractivity contribution in [2.75, 3.05) is 6.54 Å². The molecule has 0 fully saturated rings. The quantitative estimate of drug-likeness (QED) is 0.355. The van der Waals surface area contributed by atoms with E-state index in [1.165, 1.54) is 57.8 Å². The van der Waals surface area contributed by atoms with Gasteiger partial charge in [-0.2, -0.15) is 0 Å². The third-order valence-electron chi connectivity index (χ3n) is 2.42. The highest BCUT2D eigenvalue weighted by Gasteiger charge is 1.90. The molecule has 0 aliphatic rings. The minimum Gasteiger partial charge on any atom is -0.271 e. The van der Waals surface area contributed by atoms with Gasteiger partial charge in [0.15, 0.2) is 0 Å². The first-order chi connectivity index (χ1) is 6.41. The molecule has 0 amide bonds. The van der Waals surface area contributed by atoms with Crippen LogP contribution in [0.15, 0.2) is 0 Å². The summed E-state index contributed by atoms with van der Waals surface area (Å²) in [6.07, 6.45) is 12.4. The number of halogens is 2. The Morgan fingerprint density at radius 3 is 1.53 bits per heavy atom. The third-order valence-corrected chi connectivity index (χ3v) is 2.42. The van der Waals surface area contributed by atoms with Gasteiger partial charge in [0.25, 0.3) is 0 Å². The summed E-state index contributed by atoms with van der Waals surface area (Å²) >= 11 is 0.